The molecule has 1 atom stereocenters. The van der Waals surface area contributed by atoms with Gasteiger partial charge < -0.3 is 9.73 Å². The van der Waals surface area contributed by atoms with Crippen molar-refractivity contribution < 1.29 is 8.81 Å². The van der Waals surface area contributed by atoms with Gasteiger partial charge in [0, 0.05) is 11.4 Å². The molecular weight excluding hydrogens is 229 g/mol. The fourth-order valence-corrected chi connectivity index (χ4v) is 2.32. The van der Waals surface area contributed by atoms with E-state index in [1.165, 1.54) is 5.56 Å². The minimum Gasteiger partial charge on any atom is -0.464 e. The van der Waals surface area contributed by atoms with Crippen LogP contribution in [-0.4, -0.2) is 19.3 Å². The molecule has 0 saturated carbocycles. The van der Waals surface area contributed by atoms with E-state index in [1.54, 1.807) is 6.26 Å². The molecule has 0 aliphatic rings. The molecule has 1 unspecified atom stereocenters. The number of hydrogen-bond acceptors (Lipinski definition) is 2. The van der Waals surface area contributed by atoms with E-state index in [0.29, 0.717) is 12.5 Å². The first-order chi connectivity index (χ1) is 8.83. The standard InChI is InChI=1S/C15H20FNO/c1-2-17-14(4-3-8-16)11-12-5-6-15-13(10-12)7-9-18-15/h5-7,9-10,14,17H,2-4,8,11H2,1H3. The number of benzene rings is 1. The van der Waals surface area contributed by atoms with Crippen LogP contribution in [0.1, 0.15) is 25.3 Å². The van der Waals surface area contributed by atoms with Crippen molar-refractivity contribution >= 4 is 11.0 Å². The number of nitrogens with one attached hydrogen (secondary N) is 1. The van der Waals surface area contributed by atoms with Crippen LogP contribution in [0, 0.1) is 0 Å². The molecular formula is C15H20FNO. The highest BCUT2D eigenvalue weighted by Gasteiger charge is 2.09. The van der Waals surface area contributed by atoms with Crippen LogP contribution in [0.2, 0.25) is 0 Å². The Morgan fingerprint density at radius 3 is 3.00 bits per heavy atom. The average Bonchev–Trinajstić information content (AvgIpc) is 2.83. The van der Waals surface area contributed by atoms with Crippen LogP contribution in [0.25, 0.3) is 11.0 Å². The summed E-state index contributed by atoms with van der Waals surface area (Å²) >= 11 is 0. The molecule has 0 fully saturated rings. The number of rotatable bonds is 7. The largest absolute Gasteiger partial charge is 0.464 e. The zero-order valence-electron chi connectivity index (χ0n) is 10.8. The summed E-state index contributed by atoms with van der Waals surface area (Å²) in [6.07, 6.45) is 4.16. The van der Waals surface area contributed by atoms with Crippen molar-refractivity contribution in [3.05, 3.63) is 36.1 Å². The van der Waals surface area contributed by atoms with Gasteiger partial charge in [0.2, 0.25) is 0 Å². The number of halogens is 1. The van der Waals surface area contributed by atoms with Gasteiger partial charge in [-0.1, -0.05) is 13.0 Å². The number of likely N-dealkylation sites (N-methyl/N-ethyl adjacent to an activating group) is 1. The summed E-state index contributed by atoms with van der Waals surface area (Å²) in [4.78, 5) is 0. The van der Waals surface area contributed by atoms with Crippen LogP contribution in [-0.2, 0) is 6.42 Å². The minimum atomic E-state index is -0.233. The highest BCUT2D eigenvalue weighted by atomic mass is 19.1. The Morgan fingerprint density at radius 1 is 1.33 bits per heavy atom. The van der Waals surface area contributed by atoms with Crippen LogP contribution in [0.15, 0.2) is 34.9 Å². The highest BCUT2D eigenvalue weighted by molar-refractivity contribution is 5.77. The first kappa shape index (κ1) is 13.1. The fourth-order valence-electron chi connectivity index (χ4n) is 2.32. The molecule has 0 radical (unpaired) electrons. The molecule has 0 bridgehead atoms. The third-order valence-electron chi connectivity index (χ3n) is 3.18. The van der Waals surface area contributed by atoms with Crippen LogP contribution >= 0.6 is 0 Å². The van der Waals surface area contributed by atoms with Crippen molar-refractivity contribution in [2.75, 3.05) is 13.2 Å². The lowest BCUT2D eigenvalue weighted by molar-refractivity contribution is 0.410. The predicted molar refractivity (Wildman–Crippen MR) is 72.6 cm³/mol. The molecule has 2 nitrogen and oxygen atoms in total. The Morgan fingerprint density at radius 2 is 2.22 bits per heavy atom. The summed E-state index contributed by atoms with van der Waals surface area (Å²) in [5.41, 5.74) is 2.19. The van der Waals surface area contributed by atoms with Crippen LogP contribution in [0.3, 0.4) is 0 Å². The maximum atomic E-state index is 12.3. The Kier molecular flexibility index (Phi) is 4.76. The van der Waals surface area contributed by atoms with Gasteiger partial charge in [-0.05, 0) is 49.6 Å². The maximum absolute atomic E-state index is 12.3. The fraction of sp³-hybridized carbons (Fsp3) is 0.467. The summed E-state index contributed by atoms with van der Waals surface area (Å²) in [6.45, 7) is 2.77. The Labute approximate surface area is 107 Å². The Balaban J connectivity index is 2.04. The predicted octanol–water partition coefficient (Wildman–Crippen LogP) is 3.70. The van der Waals surface area contributed by atoms with Gasteiger partial charge in [0.25, 0.3) is 0 Å². The lowest BCUT2D eigenvalue weighted by atomic mass is 10.0. The normalized spacial score (nSPS) is 13.0. The lowest BCUT2D eigenvalue weighted by Gasteiger charge is -2.17. The molecule has 0 spiro atoms. The van der Waals surface area contributed by atoms with Gasteiger partial charge in [-0.25, -0.2) is 0 Å². The molecule has 3 heteroatoms. The van der Waals surface area contributed by atoms with Crippen molar-refractivity contribution in [2.45, 2.75) is 32.2 Å². The first-order valence-electron chi connectivity index (χ1n) is 6.59. The second-order valence-corrected chi connectivity index (χ2v) is 4.58. The van der Waals surface area contributed by atoms with Gasteiger partial charge in [-0.2, -0.15) is 0 Å². The summed E-state index contributed by atoms with van der Waals surface area (Å²) in [7, 11) is 0. The Hall–Kier alpha value is -1.35. The van der Waals surface area contributed by atoms with Crippen molar-refractivity contribution in [3.63, 3.8) is 0 Å². The average molecular weight is 249 g/mol. The van der Waals surface area contributed by atoms with Crippen LogP contribution in [0.5, 0.6) is 0 Å². The summed E-state index contributed by atoms with van der Waals surface area (Å²) in [6, 6.07) is 8.57. The van der Waals surface area contributed by atoms with Gasteiger partial charge in [0.1, 0.15) is 5.58 Å². The number of alkyl halides is 1. The molecule has 1 heterocycles. The second kappa shape index (κ2) is 6.55. The van der Waals surface area contributed by atoms with Crippen LogP contribution < -0.4 is 5.32 Å². The van der Waals surface area contributed by atoms with E-state index in [0.717, 1.165) is 30.4 Å². The Bertz CT molecular complexity index is 480. The zero-order chi connectivity index (χ0) is 12.8. The van der Waals surface area contributed by atoms with E-state index >= 15 is 0 Å². The smallest absolute Gasteiger partial charge is 0.133 e. The number of hydrogen-bond donors (Lipinski definition) is 1. The molecule has 0 amide bonds. The van der Waals surface area contributed by atoms with Gasteiger partial charge >= 0.3 is 0 Å². The van der Waals surface area contributed by atoms with Crippen molar-refractivity contribution in [3.8, 4) is 0 Å². The summed E-state index contributed by atoms with van der Waals surface area (Å²) < 4.78 is 17.6. The van der Waals surface area contributed by atoms with Gasteiger partial charge in [0.15, 0.2) is 0 Å². The minimum absolute atomic E-state index is 0.233. The molecule has 0 saturated heterocycles. The first-order valence-corrected chi connectivity index (χ1v) is 6.59. The topological polar surface area (TPSA) is 25.2 Å². The SMILES string of the molecule is CCNC(CCCF)Cc1ccc2occc2c1. The van der Waals surface area contributed by atoms with Gasteiger partial charge in [0.05, 0.1) is 12.9 Å². The maximum Gasteiger partial charge on any atom is 0.133 e. The quantitative estimate of drug-likeness (QED) is 0.809. The molecule has 1 N–H and O–H groups in total. The lowest BCUT2D eigenvalue weighted by Crippen LogP contribution is -2.31. The molecule has 1 aromatic carbocycles. The third kappa shape index (κ3) is 3.33. The summed E-state index contributed by atoms with van der Waals surface area (Å²) in [5, 5.41) is 4.55. The summed E-state index contributed by atoms with van der Waals surface area (Å²) in [5.74, 6) is 0. The number of fused-ring (bicyclic) bond motifs is 1. The molecule has 2 rings (SSSR count). The third-order valence-corrected chi connectivity index (χ3v) is 3.18. The highest BCUT2D eigenvalue weighted by Crippen LogP contribution is 2.18. The van der Waals surface area contributed by atoms with E-state index in [4.69, 9.17) is 4.42 Å². The monoisotopic (exact) mass is 249 g/mol. The molecule has 0 aliphatic heterocycles. The van der Waals surface area contributed by atoms with Crippen LogP contribution in [0.4, 0.5) is 4.39 Å². The van der Waals surface area contributed by atoms with E-state index < -0.39 is 0 Å². The van der Waals surface area contributed by atoms with Crippen molar-refractivity contribution in [2.24, 2.45) is 0 Å². The number of furan rings is 1. The van der Waals surface area contributed by atoms with E-state index in [9.17, 15) is 4.39 Å². The van der Waals surface area contributed by atoms with Gasteiger partial charge in [-0.15, -0.1) is 0 Å². The molecule has 2 aromatic rings. The molecule has 1 aromatic heterocycles. The molecule has 0 aliphatic carbocycles. The van der Waals surface area contributed by atoms with E-state index in [-0.39, 0.29) is 6.67 Å². The van der Waals surface area contributed by atoms with Gasteiger partial charge in [-0.3, -0.25) is 4.39 Å². The molecule has 98 valence electrons. The second-order valence-electron chi connectivity index (χ2n) is 4.58. The molecule has 18 heavy (non-hydrogen) atoms. The van der Waals surface area contributed by atoms with Crippen molar-refractivity contribution in [1.82, 2.24) is 5.32 Å². The van der Waals surface area contributed by atoms with E-state index in [2.05, 4.69) is 24.4 Å². The van der Waals surface area contributed by atoms with Crippen molar-refractivity contribution in [1.29, 1.82) is 0 Å². The van der Waals surface area contributed by atoms with E-state index in [1.807, 2.05) is 12.1 Å². The zero-order valence-corrected chi connectivity index (χ0v) is 10.8.